The maximum absolute atomic E-state index is 11.5. The molecule has 2 rings (SSSR count). The van der Waals surface area contributed by atoms with Crippen LogP contribution < -0.4 is 0 Å². The quantitative estimate of drug-likeness (QED) is 0.781. The molecule has 0 aliphatic carbocycles. The first-order valence-electron chi connectivity index (χ1n) is 7.20. The Bertz CT molecular complexity index is 397. The minimum Gasteiger partial charge on any atom is -0.466 e. The van der Waals surface area contributed by atoms with Crippen LogP contribution in [0.15, 0.2) is 30.3 Å². The van der Waals surface area contributed by atoms with Gasteiger partial charge in [0.1, 0.15) is 0 Å². The number of carbonyl (C=O) groups is 1. The lowest BCUT2D eigenvalue weighted by molar-refractivity contribution is -0.144. The maximum atomic E-state index is 11.5. The van der Waals surface area contributed by atoms with Crippen LogP contribution in [0.2, 0.25) is 0 Å². The van der Waals surface area contributed by atoms with E-state index in [4.69, 9.17) is 4.74 Å². The van der Waals surface area contributed by atoms with Gasteiger partial charge >= 0.3 is 5.97 Å². The van der Waals surface area contributed by atoms with Gasteiger partial charge in [0, 0.05) is 19.5 Å². The van der Waals surface area contributed by atoms with E-state index in [-0.39, 0.29) is 18.4 Å². The zero-order valence-corrected chi connectivity index (χ0v) is 12.9. The maximum Gasteiger partial charge on any atom is 0.306 e. The van der Waals surface area contributed by atoms with Crippen LogP contribution in [-0.4, -0.2) is 30.6 Å². The summed E-state index contributed by atoms with van der Waals surface area (Å²) in [5.74, 6) is 0.408. The first-order valence-corrected chi connectivity index (χ1v) is 7.20. The van der Waals surface area contributed by atoms with Crippen molar-refractivity contribution in [2.45, 2.75) is 32.7 Å². The highest BCUT2D eigenvalue weighted by Crippen LogP contribution is 2.21. The number of hydrogen-bond donors (Lipinski definition) is 0. The minimum atomic E-state index is -0.0472. The average molecular weight is 298 g/mol. The summed E-state index contributed by atoms with van der Waals surface area (Å²) in [6, 6.07) is 10.5. The number of ether oxygens (including phenoxy) is 1. The average Bonchev–Trinajstić information content (AvgIpc) is 2.40. The molecule has 0 amide bonds. The second-order valence-electron chi connectivity index (χ2n) is 5.24. The number of benzene rings is 1. The van der Waals surface area contributed by atoms with Gasteiger partial charge in [0.25, 0.3) is 0 Å². The largest absolute Gasteiger partial charge is 0.466 e. The first-order chi connectivity index (χ1) is 9.28. The summed E-state index contributed by atoms with van der Waals surface area (Å²) in [5, 5.41) is 0. The number of nitrogens with zero attached hydrogens (tertiary/aromatic N) is 1. The Morgan fingerprint density at radius 3 is 2.80 bits per heavy atom. The molecule has 3 nitrogen and oxygen atoms in total. The fourth-order valence-electron chi connectivity index (χ4n) is 2.76. The molecule has 0 radical (unpaired) electrons. The summed E-state index contributed by atoms with van der Waals surface area (Å²) >= 11 is 0. The standard InChI is InChI=1S/C16H23NO2.ClH/c1-2-19-16(18)11-15-9-6-10-17(13-15)12-14-7-4-3-5-8-14;/h3-5,7-8,15H,2,6,9-13H2,1H3;1H. The van der Waals surface area contributed by atoms with Crippen molar-refractivity contribution < 1.29 is 9.53 Å². The highest BCUT2D eigenvalue weighted by molar-refractivity contribution is 5.85. The van der Waals surface area contributed by atoms with Crippen LogP contribution in [0, 0.1) is 5.92 Å². The molecule has 1 fully saturated rings. The summed E-state index contributed by atoms with van der Waals surface area (Å²) in [6.07, 6.45) is 2.89. The van der Waals surface area contributed by atoms with Gasteiger partial charge in [-0.15, -0.1) is 12.4 Å². The lowest BCUT2D eigenvalue weighted by atomic mass is 9.94. The van der Waals surface area contributed by atoms with Crippen molar-refractivity contribution in [1.29, 1.82) is 0 Å². The van der Waals surface area contributed by atoms with Gasteiger partial charge in [-0.1, -0.05) is 30.3 Å². The highest BCUT2D eigenvalue weighted by Gasteiger charge is 2.22. The zero-order chi connectivity index (χ0) is 13.5. The molecule has 1 aromatic carbocycles. The number of piperidine rings is 1. The first kappa shape index (κ1) is 17.0. The van der Waals surface area contributed by atoms with Gasteiger partial charge in [-0.25, -0.2) is 0 Å². The lowest BCUT2D eigenvalue weighted by Gasteiger charge is -2.32. The summed E-state index contributed by atoms with van der Waals surface area (Å²) in [7, 11) is 0. The molecule has 0 spiro atoms. The lowest BCUT2D eigenvalue weighted by Crippen LogP contribution is -2.35. The van der Waals surface area contributed by atoms with Crippen LogP contribution in [0.5, 0.6) is 0 Å². The Kier molecular flexibility index (Phi) is 7.63. The third-order valence-corrected chi connectivity index (χ3v) is 3.61. The van der Waals surface area contributed by atoms with E-state index < -0.39 is 0 Å². The van der Waals surface area contributed by atoms with Gasteiger partial charge in [-0.2, -0.15) is 0 Å². The molecule has 0 N–H and O–H groups in total. The van der Waals surface area contributed by atoms with Crippen molar-refractivity contribution in [3.63, 3.8) is 0 Å². The van der Waals surface area contributed by atoms with Crippen molar-refractivity contribution in [1.82, 2.24) is 4.90 Å². The molecule has 1 heterocycles. The third kappa shape index (κ3) is 5.51. The summed E-state index contributed by atoms with van der Waals surface area (Å²) in [6.45, 7) is 5.47. The SMILES string of the molecule is CCOC(=O)CC1CCCN(Cc2ccccc2)C1.Cl. The van der Waals surface area contributed by atoms with Gasteiger partial charge in [0.15, 0.2) is 0 Å². The third-order valence-electron chi connectivity index (χ3n) is 3.61. The predicted molar refractivity (Wildman–Crippen MR) is 82.9 cm³/mol. The number of likely N-dealkylation sites (tertiary alicyclic amines) is 1. The van der Waals surface area contributed by atoms with Crippen LogP contribution in [-0.2, 0) is 16.1 Å². The fourth-order valence-corrected chi connectivity index (χ4v) is 2.76. The van der Waals surface area contributed by atoms with Gasteiger partial charge < -0.3 is 4.74 Å². The van der Waals surface area contributed by atoms with Gasteiger partial charge in [0.2, 0.25) is 0 Å². The summed E-state index contributed by atoms with van der Waals surface area (Å²) in [5.41, 5.74) is 1.35. The Hall–Kier alpha value is -1.06. The van der Waals surface area contributed by atoms with Crippen molar-refractivity contribution in [2.24, 2.45) is 5.92 Å². The molecular formula is C16H24ClNO2. The molecule has 1 atom stereocenters. The summed E-state index contributed by atoms with van der Waals surface area (Å²) in [4.78, 5) is 14.0. The van der Waals surface area contributed by atoms with Gasteiger partial charge in [0.05, 0.1) is 6.61 Å². The zero-order valence-electron chi connectivity index (χ0n) is 12.1. The van der Waals surface area contributed by atoms with E-state index in [1.165, 1.54) is 12.0 Å². The van der Waals surface area contributed by atoms with Crippen LogP contribution in [0.25, 0.3) is 0 Å². The van der Waals surface area contributed by atoms with E-state index in [0.717, 1.165) is 26.1 Å². The molecule has 1 aromatic rings. The van der Waals surface area contributed by atoms with E-state index in [2.05, 4.69) is 29.2 Å². The number of esters is 1. The molecule has 0 aromatic heterocycles. The van der Waals surface area contributed by atoms with E-state index in [0.29, 0.717) is 18.9 Å². The van der Waals surface area contributed by atoms with Crippen molar-refractivity contribution >= 4 is 18.4 Å². The fraction of sp³-hybridized carbons (Fsp3) is 0.562. The van der Waals surface area contributed by atoms with Crippen molar-refractivity contribution in [3.05, 3.63) is 35.9 Å². The Balaban J connectivity index is 0.00000200. The normalized spacial score (nSPS) is 19.1. The number of carbonyl (C=O) groups excluding carboxylic acids is 1. The molecule has 1 aliphatic heterocycles. The Labute approximate surface area is 127 Å². The second-order valence-corrected chi connectivity index (χ2v) is 5.24. The van der Waals surface area contributed by atoms with E-state index in [9.17, 15) is 4.79 Å². The summed E-state index contributed by atoms with van der Waals surface area (Å²) < 4.78 is 5.04. The minimum absolute atomic E-state index is 0. The molecule has 1 unspecified atom stereocenters. The number of rotatable bonds is 5. The monoisotopic (exact) mass is 297 g/mol. The van der Waals surface area contributed by atoms with Crippen LogP contribution >= 0.6 is 12.4 Å². The van der Waals surface area contributed by atoms with Crippen LogP contribution in [0.4, 0.5) is 0 Å². The molecule has 20 heavy (non-hydrogen) atoms. The van der Waals surface area contributed by atoms with Gasteiger partial charge in [-0.3, -0.25) is 9.69 Å². The molecule has 0 saturated carbocycles. The second kappa shape index (κ2) is 8.98. The van der Waals surface area contributed by atoms with E-state index >= 15 is 0 Å². The van der Waals surface area contributed by atoms with E-state index in [1.807, 2.05) is 13.0 Å². The molecular weight excluding hydrogens is 274 g/mol. The predicted octanol–water partition coefficient (Wildman–Crippen LogP) is 3.27. The molecule has 112 valence electrons. The van der Waals surface area contributed by atoms with E-state index in [1.54, 1.807) is 0 Å². The Morgan fingerprint density at radius 1 is 1.35 bits per heavy atom. The van der Waals surface area contributed by atoms with Gasteiger partial charge in [-0.05, 0) is 37.8 Å². The number of hydrogen-bond acceptors (Lipinski definition) is 3. The molecule has 0 bridgehead atoms. The highest BCUT2D eigenvalue weighted by atomic mass is 35.5. The molecule has 1 saturated heterocycles. The molecule has 1 aliphatic rings. The molecule has 4 heteroatoms. The smallest absolute Gasteiger partial charge is 0.306 e. The van der Waals surface area contributed by atoms with Crippen LogP contribution in [0.3, 0.4) is 0 Å². The topological polar surface area (TPSA) is 29.5 Å². The number of halogens is 1. The van der Waals surface area contributed by atoms with Crippen LogP contribution in [0.1, 0.15) is 31.7 Å². The van der Waals surface area contributed by atoms with Crippen molar-refractivity contribution in [2.75, 3.05) is 19.7 Å². The Morgan fingerprint density at radius 2 is 2.10 bits per heavy atom. The van der Waals surface area contributed by atoms with Crippen molar-refractivity contribution in [3.8, 4) is 0 Å².